The number of ether oxygens (including phenoxy) is 1. The number of hydrogen-bond donors (Lipinski definition) is 1. The van der Waals surface area contributed by atoms with Crippen molar-refractivity contribution in [3.05, 3.63) is 65.2 Å². The van der Waals surface area contributed by atoms with Gasteiger partial charge in [0.15, 0.2) is 6.10 Å². The van der Waals surface area contributed by atoms with Crippen molar-refractivity contribution in [2.45, 2.75) is 57.7 Å². The monoisotopic (exact) mass is 392 g/mol. The molecule has 1 N–H and O–H groups in total. The van der Waals surface area contributed by atoms with Gasteiger partial charge in [-0.25, -0.2) is 0 Å². The molecule has 0 unspecified atom stereocenters. The van der Waals surface area contributed by atoms with Gasteiger partial charge in [-0.3, -0.25) is 9.59 Å². The minimum Gasteiger partial charge on any atom is -0.481 e. The van der Waals surface area contributed by atoms with Crippen molar-refractivity contribution in [1.29, 1.82) is 0 Å². The van der Waals surface area contributed by atoms with Gasteiger partial charge in [-0.2, -0.15) is 0 Å². The van der Waals surface area contributed by atoms with Crippen molar-refractivity contribution in [3.8, 4) is 5.75 Å². The summed E-state index contributed by atoms with van der Waals surface area (Å²) in [5, 5.41) is 3.03. The SMILES string of the molecule is CC[C@@H](Oc1ccc2c(c1)[C@@H](c1ccccc1)N(C(C)=O)CC2)C(=O)NC1CC1. The van der Waals surface area contributed by atoms with Crippen LogP contribution in [-0.2, 0) is 16.0 Å². The van der Waals surface area contributed by atoms with Crippen molar-refractivity contribution < 1.29 is 14.3 Å². The van der Waals surface area contributed by atoms with Crippen LogP contribution in [0.15, 0.2) is 48.5 Å². The number of carbonyl (C=O) groups excluding carboxylic acids is 2. The molecular formula is C24H28N2O3. The van der Waals surface area contributed by atoms with Gasteiger partial charge in [0.1, 0.15) is 5.75 Å². The molecular weight excluding hydrogens is 364 g/mol. The Hall–Kier alpha value is -2.82. The highest BCUT2D eigenvalue weighted by molar-refractivity contribution is 5.81. The minimum absolute atomic E-state index is 0.0438. The third-order valence-corrected chi connectivity index (χ3v) is 5.73. The van der Waals surface area contributed by atoms with Crippen LogP contribution in [-0.4, -0.2) is 35.4 Å². The van der Waals surface area contributed by atoms with Crippen LogP contribution in [0, 0.1) is 0 Å². The molecule has 1 aliphatic carbocycles. The van der Waals surface area contributed by atoms with Gasteiger partial charge in [0.2, 0.25) is 5.91 Å². The van der Waals surface area contributed by atoms with Crippen LogP contribution in [0.4, 0.5) is 0 Å². The second-order valence-corrected chi connectivity index (χ2v) is 7.93. The largest absolute Gasteiger partial charge is 0.481 e. The van der Waals surface area contributed by atoms with E-state index in [2.05, 4.69) is 23.5 Å². The van der Waals surface area contributed by atoms with Crippen LogP contribution >= 0.6 is 0 Å². The molecule has 2 atom stereocenters. The molecule has 2 aliphatic rings. The van der Waals surface area contributed by atoms with Crippen LogP contribution in [0.2, 0.25) is 0 Å². The first-order valence-electron chi connectivity index (χ1n) is 10.5. The molecule has 2 aromatic rings. The Morgan fingerprint density at radius 3 is 2.59 bits per heavy atom. The standard InChI is InChI=1S/C24H28N2O3/c1-3-22(24(28)25-19-10-11-19)29-20-12-9-17-13-14-26(16(2)27)23(21(17)15-20)18-7-5-4-6-8-18/h4-9,12,15,19,22-23H,3,10-11,13-14H2,1-2H3,(H,25,28)/t22-,23-/m1/s1. The van der Waals surface area contributed by atoms with Gasteiger partial charge >= 0.3 is 0 Å². The van der Waals surface area contributed by atoms with E-state index in [0.29, 0.717) is 24.8 Å². The van der Waals surface area contributed by atoms with E-state index in [0.717, 1.165) is 30.4 Å². The normalized spacial score (nSPS) is 19.2. The van der Waals surface area contributed by atoms with Gasteiger partial charge < -0.3 is 15.0 Å². The van der Waals surface area contributed by atoms with Crippen molar-refractivity contribution >= 4 is 11.8 Å². The molecule has 29 heavy (non-hydrogen) atoms. The van der Waals surface area contributed by atoms with Gasteiger partial charge in [-0.15, -0.1) is 0 Å². The molecule has 5 nitrogen and oxygen atoms in total. The maximum atomic E-state index is 12.5. The topological polar surface area (TPSA) is 58.6 Å². The van der Waals surface area contributed by atoms with Crippen LogP contribution < -0.4 is 10.1 Å². The first-order chi connectivity index (χ1) is 14.1. The van der Waals surface area contributed by atoms with E-state index in [1.807, 2.05) is 42.2 Å². The lowest BCUT2D eigenvalue weighted by atomic mass is 9.88. The highest BCUT2D eigenvalue weighted by atomic mass is 16.5. The Morgan fingerprint density at radius 2 is 1.93 bits per heavy atom. The summed E-state index contributed by atoms with van der Waals surface area (Å²) in [6.45, 7) is 4.28. The van der Waals surface area contributed by atoms with Crippen molar-refractivity contribution in [2.24, 2.45) is 0 Å². The fourth-order valence-corrected chi connectivity index (χ4v) is 4.01. The predicted octanol–water partition coefficient (Wildman–Crippen LogP) is 3.62. The Bertz CT molecular complexity index is 892. The zero-order valence-corrected chi connectivity index (χ0v) is 17.1. The van der Waals surface area contributed by atoms with E-state index >= 15 is 0 Å². The molecule has 4 rings (SSSR count). The zero-order valence-electron chi connectivity index (χ0n) is 17.1. The lowest BCUT2D eigenvalue weighted by Gasteiger charge is -2.37. The number of hydrogen-bond acceptors (Lipinski definition) is 3. The number of fused-ring (bicyclic) bond motifs is 1. The second kappa shape index (κ2) is 8.27. The molecule has 152 valence electrons. The van der Waals surface area contributed by atoms with Crippen LogP contribution in [0.25, 0.3) is 0 Å². The molecule has 0 radical (unpaired) electrons. The quantitative estimate of drug-likeness (QED) is 0.817. The molecule has 0 aromatic heterocycles. The summed E-state index contributed by atoms with van der Waals surface area (Å²) in [6.07, 6.45) is 3.03. The highest BCUT2D eigenvalue weighted by Gasteiger charge is 2.32. The van der Waals surface area contributed by atoms with E-state index in [1.165, 1.54) is 5.56 Å². The van der Waals surface area contributed by atoms with E-state index in [1.54, 1.807) is 6.92 Å². The first-order valence-corrected chi connectivity index (χ1v) is 10.5. The molecule has 0 spiro atoms. The summed E-state index contributed by atoms with van der Waals surface area (Å²) in [6, 6.07) is 16.3. The first kappa shape index (κ1) is 19.5. The minimum atomic E-state index is -0.503. The lowest BCUT2D eigenvalue weighted by Crippen LogP contribution is -2.40. The fraction of sp³-hybridized carbons (Fsp3) is 0.417. The maximum absolute atomic E-state index is 12.5. The summed E-state index contributed by atoms with van der Waals surface area (Å²) in [5.41, 5.74) is 3.38. The summed E-state index contributed by atoms with van der Waals surface area (Å²) >= 11 is 0. The predicted molar refractivity (Wildman–Crippen MR) is 112 cm³/mol. The van der Waals surface area contributed by atoms with Crippen molar-refractivity contribution in [3.63, 3.8) is 0 Å². The Balaban J connectivity index is 1.64. The third-order valence-electron chi connectivity index (χ3n) is 5.73. The number of rotatable bonds is 6. The fourth-order valence-electron chi connectivity index (χ4n) is 4.01. The lowest BCUT2D eigenvalue weighted by molar-refractivity contribution is -0.131. The van der Waals surface area contributed by atoms with Crippen molar-refractivity contribution in [1.82, 2.24) is 10.2 Å². The van der Waals surface area contributed by atoms with Crippen LogP contribution in [0.1, 0.15) is 55.8 Å². The number of nitrogens with zero attached hydrogens (tertiary/aromatic N) is 1. The van der Waals surface area contributed by atoms with Crippen LogP contribution in [0.3, 0.4) is 0 Å². The van der Waals surface area contributed by atoms with Gasteiger partial charge in [0.25, 0.3) is 5.91 Å². The number of carbonyl (C=O) groups is 2. The molecule has 0 saturated heterocycles. The van der Waals surface area contributed by atoms with E-state index in [4.69, 9.17) is 4.74 Å². The van der Waals surface area contributed by atoms with Gasteiger partial charge in [0.05, 0.1) is 6.04 Å². The average molecular weight is 392 g/mol. The molecule has 2 amide bonds. The smallest absolute Gasteiger partial charge is 0.261 e. The Morgan fingerprint density at radius 1 is 1.17 bits per heavy atom. The van der Waals surface area contributed by atoms with E-state index in [9.17, 15) is 9.59 Å². The van der Waals surface area contributed by atoms with Gasteiger partial charge in [0, 0.05) is 19.5 Å². The summed E-state index contributed by atoms with van der Waals surface area (Å²) in [5.74, 6) is 0.691. The second-order valence-electron chi connectivity index (χ2n) is 7.93. The molecule has 1 fully saturated rings. The highest BCUT2D eigenvalue weighted by Crippen LogP contribution is 2.37. The van der Waals surface area contributed by atoms with Gasteiger partial charge in [-0.05, 0) is 54.5 Å². The molecule has 1 saturated carbocycles. The molecule has 5 heteroatoms. The third kappa shape index (κ3) is 4.29. The number of benzene rings is 2. The average Bonchev–Trinajstić information content (AvgIpc) is 3.55. The number of nitrogens with one attached hydrogen (secondary N) is 1. The molecule has 2 aromatic carbocycles. The number of amides is 2. The molecule has 0 bridgehead atoms. The maximum Gasteiger partial charge on any atom is 0.261 e. The Kier molecular flexibility index (Phi) is 5.56. The summed E-state index contributed by atoms with van der Waals surface area (Å²) < 4.78 is 6.08. The Labute approximate surface area is 172 Å². The van der Waals surface area contributed by atoms with Crippen molar-refractivity contribution in [2.75, 3.05) is 6.54 Å². The van der Waals surface area contributed by atoms with Gasteiger partial charge in [-0.1, -0.05) is 43.3 Å². The van der Waals surface area contributed by atoms with Crippen LogP contribution in [0.5, 0.6) is 5.75 Å². The van der Waals surface area contributed by atoms with E-state index in [-0.39, 0.29) is 17.9 Å². The summed E-state index contributed by atoms with van der Waals surface area (Å²) in [4.78, 5) is 26.7. The zero-order chi connectivity index (χ0) is 20.4. The van der Waals surface area contributed by atoms with E-state index < -0.39 is 6.10 Å². The molecule has 1 aliphatic heterocycles. The molecule has 1 heterocycles. The summed E-state index contributed by atoms with van der Waals surface area (Å²) in [7, 11) is 0.